The number of carbonyl (C=O) groups is 1. The van der Waals surface area contributed by atoms with E-state index in [2.05, 4.69) is 0 Å². The molecule has 0 radical (unpaired) electrons. The lowest BCUT2D eigenvalue weighted by molar-refractivity contribution is -0.114. The van der Waals surface area contributed by atoms with Crippen LogP contribution < -0.4 is 5.73 Å². The fourth-order valence-corrected chi connectivity index (χ4v) is 0.698. The SMILES string of the molecule is C/C=C(\C=C(\C#N)CC)C(N)=O. The van der Waals surface area contributed by atoms with Gasteiger partial charge >= 0.3 is 0 Å². The average molecular weight is 164 g/mol. The first-order chi connectivity index (χ1) is 5.65. The fraction of sp³-hybridized carbons (Fsp3) is 0.333. The van der Waals surface area contributed by atoms with Gasteiger partial charge in [0.25, 0.3) is 0 Å². The molecule has 0 aliphatic rings. The Balaban J connectivity index is 4.72. The van der Waals surface area contributed by atoms with Crippen molar-refractivity contribution in [1.29, 1.82) is 5.26 Å². The van der Waals surface area contributed by atoms with Gasteiger partial charge in [-0.1, -0.05) is 13.0 Å². The third kappa shape index (κ3) is 3.02. The number of rotatable bonds is 3. The van der Waals surface area contributed by atoms with E-state index in [0.717, 1.165) is 0 Å². The Morgan fingerprint density at radius 3 is 2.50 bits per heavy atom. The Kier molecular flexibility index (Phi) is 4.47. The number of nitrogens with zero attached hydrogens (tertiary/aromatic N) is 1. The van der Waals surface area contributed by atoms with Crippen molar-refractivity contribution in [2.45, 2.75) is 20.3 Å². The zero-order chi connectivity index (χ0) is 9.56. The van der Waals surface area contributed by atoms with Crippen LogP contribution in [0.5, 0.6) is 0 Å². The highest BCUT2D eigenvalue weighted by Gasteiger charge is 2.00. The van der Waals surface area contributed by atoms with Gasteiger partial charge in [0.2, 0.25) is 5.91 Å². The van der Waals surface area contributed by atoms with Crippen LogP contribution >= 0.6 is 0 Å². The first-order valence-electron chi connectivity index (χ1n) is 3.72. The van der Waals surface area contributed by atoms with Crippen molar-refractivity contribution in [3.05, 3.63) is 23.3 Å². The monoisotopic (exact) mass is 164 g/mol. The van der Waals surface area contributed by atoms with Crippen LogP contribution in [0, 0.1) is 11.3 Å². The topological polar surface area (TPSA) is 66.9 Å². The Hall–Kier alpha value is -1.56. The lowest BCUT2D eigenvalue weighted by atomic mass is 10.1. The van der Waals surface area contributed by atoms with E-state index in [0.29, 0.717) is 17.6 Å². The van der Waals surface area contributed by atoms with Gasteiger partial charge in [-0.25, -0.2) is 0 Å². The lowest BCUT2D eigenvalue weighted by Gasteiger charge is -1.95. The van der Waals surface area contributed by atoms with E-state index in [1.54, 1.807) is 13.0 Å². The van der Waals surface area contributed by atoms with Crippen LogP contribution in [0.2, 0.25) is 0 Å². The Labute approximate surface area is 72.2 Å². The van der Waals surface area contributed by atoms with Gasteiger partial charge < -0.3 is 5.73 Å². The number of hydrogen-bond donors (Lipinski definition) is 1. The molecule has 0 aromatic heterocycles. The third-order valence-corrected chi connectivity index (χ3v) is 1.45. The molecule has 0 bridgehead atoms. The largest absolute Gasteiger partial charge is 0.366 e. The molecular formula is C9H12N2O. The molecule has 0 saturated carbocycles. The molecule has 3 heteroatoms. The molecule has 0 unspecified atom stereocenters. The van der Waals surface area contributed by atoms with Crippen molar-refractivity contribution in [2.75, 3.05) is 0 Å². The molecule has 3 nitrogen and oxygen atoms in total. The van der Waals surface area contributed by atoms with Crippen molar-refractivity contribution in [3.63, 3.8) is 0 Å². The Morgan fingerprint density at radius 2 is 2.25 bits per heavy atom. The van der Waals surface area contributed by atoms with Gasteiger partial charge in [-0.15, -0.1) is 0 Å². The summed E-state index contributed by atoms with van der Waals surface area (Å²) in [5.74, 6) is -0.501. The molecule has 0 heterocycles. The van der Waals surface area contributed by atoms with E-state index in [4.69, 9.17) is 11.0 Å². The van der Waals surface area contributed by atoms with E-state index < -0.39 is 5.91 Å². The maximum absolute atomic E-state index is 10.7. The van der Waals surface area contributed by atoms with Crippen molar-refractivity contribution < 1.29 is 4.79 Å². The molecule has 12 heavy (non-hydrogen) atoms. The number of primary amides is 1. The van der Waals surface area contributed by atoms with Gasteiger partial charge in [0, 0.05) is 11.1 Å². The van der Waals surface area contributed by atoms with Gasteiger partial charge in [-0.3, -0.25) is 4.79 Å². The summed E-state index contributed by atoms with van der Waals surface area (Å²) < 4.78 is 0. The van der Waals surface area contributed by atoms with Gasteiger partial charge in [-0.2, -0.15) is 5.26 Å². The van der Waals surface area contributed by atoms with Crippen molar-refractivity contribution in [2.24, 2.45) is 5.73 Å². The summed E-state index contributed by atoms with van der Waals surface area (Å²) in [4.78, 5) is 10.7. The number of amides is 1. The predicted molar refractivity (Wildman–Crippen MR) is 46.9 cm³/mol. The number of allylic oxidation sites excluding steroid dienone is 2. The molecule has 0 atom stereocenters. The summed E-state index contributed by atoms with van der Waals surface area (Å²) in [6, 6.07) is 1.98. The molecule has 0 saturated heterocycles. The summed E-state index contributed by atoms with van der Waals surface area (Å²) in [5.41, 5.74) is 5.98. The van der Waals surface area contributed by atoms with Crippen molar-refractivity contribution in [1.82, 2.24) is 0 Å². The second-order valence-corrected chi connectivity index (χ2v) is 2.24. The van der Waals surface area contributed by atoms with Crippen molar-refractivity contribution in [3.8, 4) is 6.07 Å². The first kappa shape index (κ1) is 10.4. The van der Waals surface area contributed by atoms with E-state index in [1.807, 2.05) is 13.0 Å². The molecule has 0 spiro atoms. The molecule has 0 fully saturated rings. The van der Waals surface area contributed by atoms with E-state index >= 15 is 0 Å². The molecule has 0 aliphatic heterocycles. The molecule has 0 rings (SSSR count). The molecule has 0 aromatic rings. The van der Waals surface area contributed by atoms with E-state index in [1.165, 1.54) is 6.08 Å². The minimum atomic E-state index is -0.501. The zero-order valence-corrected chi connectivity index (χ0v) is 7.29. The fourth-order valence-electron chi connectivity index (χ4n) is 0.698. The molecule has 1 amide bonds. The molecule has 0 aromatic carbocycles. The highest BCUT2D eigenvalue weighted by Crippen LogP contribution is 2.04. The Morgan fingerprint density at radius 1 is 1.67 bits per heavy atom. The maximum atomic E-state index is 10.7. The van der Waals surface area contributed by atoms with Crippen LogP contribution in [0.4, 0.5) is 0 Å². The normalized spacial score (nSPS) is 12.4. The van der Waals surface area contributed by atoms with Crippen LogP contribution in [0.25, 0.3) is 0 Å². The predicted octanol–water partition coefficient (Wildman–Crippen LogP) is 1.28. The number of hydrogen-bond acceptors (Lipinski definition) is 2. The van der Waals surface area contributed by atoms with Crippen LogP contribution in [0.1, 0.15) is 20.3 Å². The summed E-state index contributed by atoms with van der Waals surface area (Å²) in [6.45, 7) is 3.56. The van der Waals surface area contributed by atoms with Crippen LogP contribution in [0.15, 0.2) is 23.3 Å². The van der Waals surface area contributed by atoms with Gasteiger partial charge in [-0.05, 0) is 19.4 Å². The summed E-state index contributed by atoms with van der Waals surface area (Å²) in [7, 11) is 0. The van der Waals surface area contributed by atoms with Crippen LogP contribution in [-0.4, -0.2) is 5.91 Å². The smallest absolute Gasteiger partial charge is 0.248 e. The number of carbonyl (C=O) groups excluding carboxylic acids is 1. The quantitative estimate of drug-likeness (QED) is 0.388. The van der Waals surface area contributed by atoms with Crippen LogP contribution in [0.3, 0.4) is 0 Å². The lowest BCUT2D eigenvalue weighted by Crippen LogP contribution is -2.12. The Bertz CT molecular complexity index is 269. The molecular weight excluding hydrogens is 152 g/mol. The van der Waals surface area contributed by atoms with Crippen LogP contribution in [-0.2, 0) is 4.79 Å². The van der Waals surface area contributed by atoms with E-state index in [9.17, 15) is 4.79 Å². The molecule has 2 N–H and O–H groups in total. The zero-order valence-electron chi connectivity index (χ0n) is 7.29. The summed E-state index contributed by atoms with van der Waals surface area (Å²) in [6.07, 6.45) is 3.72. The number of nitrogens with two attached hydrogens (primary N) is 1. The third-order valence-electron chi connectivity index (χ3n) is 1.45. The first-order valence-corrected chi connectivity index (χ1v) is 3.72. The minimum absolute atomic E-state index is 0.383. The van der Waals surface area contributed by atoms with Gasteiger partial charge in [0.1, 0.15) is 0 Å². The highest BCUT2D eigenvalue weighted by atomic mass is 16.1. The summed E-state index contributed by atoms with van der Waals surface area (Å²) in [5, 5.41) is 8.55. The summed E-state index contributed by atoms with van der Waals surface area (Å²) >= 11 is 0. The second kappa shape index (κ2) is 5.14. The van der Waals surface area contributed by atoms with E-state index in [-0.39, 0.29) is 0 Å². The second-order valence-electron chi connectivity index (χ2n) is 2.24. The number of nitriles is 1. The van der Waals surface area contributed by atoms with Crippen molar-refractivity contribution >= 4 is 5.91 Å². The maximum Gasteiger partial charge on any atom is 0.248 e. The molecule has 0 aliphatic carbocycles. The average Bonchev–Trinajstić information content (AvgIpc) is 2.06. The standard InChI is InChI=1S/C9H12N2O/c1-3-7(6-10)5-8(4-2)9(11)12/h4-5H,3H2,1-2H3,(H2,11,12)/b7-5+,8-4+. The molecule has 64 valence electrons. The van der Waals surface area contributed by atoms with Gasteiger partial charge in [0.05, 0.1) is 6.07 Å². The van der Waals surface area contributed by atoms with Gasteiger partial charge in [0.15, 0.2) is 0 Å². The minimum Gasteiger partial charge on any atom is -0.366 e. The highest BCUT2D eigenvalue weighted by molar-refractivity contribution is 5.94.